The first kappa shape index (κ1) is 13.5. The Labute approximate surface area is 113 Å². The Balaban J connectivity index is 2.28. The summed E-state index contributed by atoms with van der Waals surface area (Å²) in [5.41, 5.74) is 6.29. The molecule has 4 nitrogen and oxygen atoms in total. The molecule has 0 unspecified atom stereocenters. The van der Waals surface area contributed by atoms with Gasteiger partial charge in [-0.1, -0.05) is 23.9 Å². The fourth-order valence-corrected chi connectivity index (χ4v) is 2.54. The van der Waals surface area contributed by atoms with Gasteiger partial charge >= 0.3 is 0 Å². The van der Waals surface area contributed by atoms with Crippen LogP contribution in [-0.2, 0) is 6.54 Å². The van der Waals surface area contributed by atoms with E-state index in [1.54, 1.807) is 24.3 Å². The number of nitrogens with zero attached hydrogens (tertiary/aromatic N) is 1. The number of rotatable bonds is 4. The SMILES string of the molecule is NCc1cccc(F)c1Sc1ccc([N+](=O)[O-])cc1. The number of halogens is 1. The van der Waals surface area contributed by atoms with Crippen molar-refractivity contribution in [1.82, 2.24) is 0 Å². The van der Waals surface area contributed by atoms with E-state index in [0.29, 0.717) is 10.5 Å². The zero-order valence-corrected chi connectivity index (χ0v) is 10.7. The molecule has 0 radical (unpaired) electrons. The van der Waals surface area contributed by atoms with Crippen LogP contribution < -0.4 is 5.73 Å². The lowest BCUT2D eigenvalue weighted by molar-refractivity contribution is -0.384. The molecule has 0 aliphatic rings. The van der Waals surface area contributed by atoms with Crippen molar-refractivity contribution in [3.63, 3.8) is 0 Å². The van der Waals surface area contributed by atoms with Crippen molar-refractivity contribution in [2.75, 3.05) is 0 Å². The van der Waals surface area contributed by atoms with Gasteiger partial charge in [-0.05, 0) is 23.8 Å². The first-order valence-corrected chi connectivity index (χ1v) is 6.33. The van der Waals surface area contributed by atoms with Gasteiger partial charge in [0.1, 0.15) is 5.82 Å². The van der Waals surface area contributed by atoms with E-state index in [9.17, 15) is 14.5 Å². The van der Waals surface area contributed by atoms with Gasteiger partial charge in [-0.15, -0.1) is 0 Å². The van der Waals surface area contributed by atoms with Gasteiger partial charge < -0.3 is 5.73 Å². The summed E-state index contributed by atoms with van der Waals surface area (Å²) in [4.78, 5) is 11.3. The number of nitro benzene ring substituents is 1. The maximum atomic E-state index is 13.7. The van der Waals surface area contributed by atoms with Crippen molar-refractivity contribution in [3.05, 3.63) is 64.0 Å². The maximum absolute atomic E-state index is 13.7. The molecule has 2 aromatic carbocycles. The van der Waals surface area contributed by atoms with Gasteiger partial charge in [0.25, 0.3) is 5.69 Å². The van der Waals surface area contributed by atoms with Crippen LogP contribution in [0, 0.1) is 15.9 Å². The van der Waals surface area contributed by atoms with Crippen molar-refractivity contribution in [3.8, 4) is 0 Å². The first-order chi connectivity index (χ1) is 9.11. The van der Waals surface area contributed by atoms with E-state index in [-0.39, 0.29) is 18.0 Å². The molecule has 2 N–H and O–H groups in total. The second-order valence-corrected chi connectivity index (χ2v) is 4.87. The summed E-state index contributed by atoms with van der Waals surface area (Å²) in [5, 5.41) is 10.5. The smallest absolute Gasteiger partial charge is 0.269 e. The summed E-state index contributed by atoms with van der Waals surface area (Å²) in [6.45, 7) is 0.243. The summed E-state index contributed by atoms with van der Waals surface area (Å²) >= 11 is 1.21. The molecule has 0 heterocycles. The van der Waals surface area contributed by atoms with Crippen LogP contribution in [0.4, 0.5) is 10.1 Å². The van der Waals surface area contributed by atoms with E-state index in [2.05, 4.69) is 0 Å². The molecule has 19 heavy (non-hydrogen) atoms. The Kier molecular flexibility index (Phi) is 4.13. The van der Waals surface area contributed by atoms with E-state index in [4.69, 9.17) is 5.73 Å². The number of nitro groups is 1. The minimum absolute atomic E-state index is 0.0110. The highest BCUT2D eigenvalue weighted by atomic mass is 32.2. The zero-order chi connectivity index (χ0) is 13.8. The van der Waals surface area contributed by atoms with Crippen LogP contribution >= 0.6 is 11.8 Å². The predicted molar refractivity (Wildman–Crippen MR) is 71.5 cm³/mol. The van der Waals surface area contributed by atoms with Crippen LogP contribution in [0.1, 0.15) is 5.56 Å². The lowest BCUT2D eigenvalue weighted by Crippen LogP contribution is -1.99. The van der Waals surface area contributed by atoms with Gasteiger partial charge in [-0.25, -0.2) is 4.39 Å². The van der Waals surface area contributed by atoms with Gasteiger partial charge in [-0.3, -0.25) is 10.1 Å². The van der Waals surface area contributed by atoms with Crippen LogP contribution in [0.2, 0.25) is 0 Å². The molecule has 0 fully saturated rings. The summed E-state index contributed by atoms with van der Waals surface area (Å²) < 4.78 is 13.7. The highest BCUT2D eigenvalue weighted by molar-refractivity contribution is 7.99. The fourth-order valence-electron chi connectivity index (χ4n) is 1.58. The molecule has 0 spiro atoms. The van der Waals surface area contributed by atoms with Crippen molar-refractivity contribution >= 4 is 17.4 Å². The Hall–Kier alpha value is -1.92. The Morgan fingerprint density at radius 1 is 1.21 bits per heavy atom. The van der Waals surface area contributed by atoms with Crippen LogP contribution in [0.15, 0.2) is 52.3 Å². The number of hydrogen-bond acceptors (Lipinski definition) is 4. The maximum Gasteiger partial charge on any atom is 0.269 e. The van der Waals surface area contributed by atoms with E-state index < -0.39 is 4.92 Å². The third kappa shape index (κ3) is 3.10. The molecule has 2 aromatic rings. The third-order valence-electron chi connectivity index (χ3n) is 2.54. The molecule has 0 saturated heterocycles. The number of nitrogens with two attached hydrogens (primary N) is 1. The molecule has 0 aliphatic heterocycles. The largest absolute Gasteiger partial charge is 0.326 e. The molecule has 0 atom stereocenters. The molecule has 0 saturated carbocycles. The van der Waals surface area contributed by atoms with E-state index in [1.807, 2.05) is 0 Å². The van der Waals surface area contributed by atoms with Gasteiger partial charge in [0.15, 0.2) is 0 Å². The highest BCUT2D eigenvalue weighted by Crippen LogP contribution is 2.33. The van der Waals surface area contributed by atoms with Crippen molar-refractivity contribution in [2.24, 2.45) is 5.73 Å². The minimum atomic E-state index is -0.469. The zero-order valence-electron chi connectivity index (χ0n) is 9.88. The third-order valence-corrected chi connectivity index (χ3v) is 3.71. The Bertz CT molecular complexity index is 602. The summed E-state index contributed by atoms with van der Waals surface area (Å²) in [5.74, 6) is -0.341. The number of benzene rings is 2. The van der Waals surface area contributed by atoms with Crippen LogP contribution in [0.3, 0.4) is 0 Å². The molecule has 0 aromatic heterocycles. The molecule has 0 amide bonds. The van der Waals surface area contributed by atoms with Gasteiger partial charge in [-0.2, -0.15) is 0 Å². The van der Waals surface area contributed by atoms with Gasteiger partial charge in [0.2, 0.25) is 0 Å². The lowest BCUT2D eigenvalue weighted by Gasteiger charge is -2.08. The quantitative estimate of drug-likeness (QED) is 0.688. The normalized spacial score (nSPS) is 10.4. The van der Waals surface area contributed by atoms with Crippen LogP contribution in [0.25, 0.3) is 0 Å². The van der Waals surface area contributed by atoms with Gasteiger partial charge in [0, 0.05) is 23.6 Å². The topological polar surface area (TPSA) is 69.2 Å². The predicted octanol–water partition coefficient (Wildman–Crippen LogP) is 3.34. The first-order valence-electron chi connectivity index (χ1n) is 5.51. The molecule has 0 aliphatic carbocycles. The second-order valence-electron chi connectivity index (χ2n) is 3.79. The van der Waals surface area contributed by atoms with E-state index in [1.165, 1.54) is 30.0 Å². The monoisotopic (exact) mass is 278 g/mol. The average Bonchev–Trinajstić information content (AvgIpc) is 2.41. The lowest BCUT2D eigenvalue weighted by atomic mass is 10.2. The van der Waals surface area contributed by atoms with Crippen molar-refractivity contribution < 1.29 is 9.31 Å². The summed E-state index contributed by atoms with van der Waals surface area (Å²) in [6, 6.07) is 10.7. The Morgan fingerprint density at radius 3 is 2.47 bits per heavy atom. The average molecular weight is 278 g/mol. The Morgan fingerprint density at radius 2 is 1.89 bits per heavy atom. The van der Waals surface area contributed by atoms with Crippen LogP contribution in [-0.4, -0.2) is 4.92 Å². The van der Waals surface area contributed by atoms with Crippen molar-refractivity contribution in [1.29, 1.82) is 0 Å². The van der Waals surface area contributed by atoms with E-state index in [0.717, 1.165) is 4.90 Å². The van der Waals surface area contributed by atoms with Gasteiger partial charge in [0.05, 0.1) is 9.82 Å². The standard InChI is InChI=1S/C13H11FN2O2S/c14-12-3-1-2-9(8-15)13(12)19-11-6-4-10(5-7-11)16(17)18/h1-7H,8,15H2. The highest BCUT2D eigenvalue weighted by Gasteiger charge is 2.10. The number of non-ortho nitro benzene ring substituents is 1. The molecule has 6 heteroatoms. The number of hydrogen-bond donors (Lipinski definition) is 1. The van der Waals surface area contributed by atoms with Crippen LogP contribution in [0.5, 0.6) is 0 Å². The van der Waals surface area contributed by atoms with E-state index >= 15 is 0 Å². The molecular weight excluding hydrogens is 267 g/mol. The second kappa shape index (κ2) is 5.81. The summed E-state index contributed by atoms with van der Waals surface area (Å²) in [6.07, 6.45) is 0. The molecule has 2 rings (SSSR count). The fraction of sp³-hybridized carbons (Fsp3) is 0.0769. The summed E-state index contributed by atoms with van der Waals surface area (Å²) in [7, 11) is 0. The molecular formula is C13H11FN2O2S. The minimum Gasteiger partial charge on any atom is -0.326 e. The molecule has 98 valence electrons. The van der Waals surface area contributed by atoms with Crippen molar-refractivity contribution in [2.45, 2.75) is 16.3 Å². The molecule has 0 bridgehead atoms.